The van der Waals surface area contributed by atoms with Gasteiger partial charge < -0.3 is 15.5 Å². The smallest absolute Gasteiger partial charge is 0.248 e. The number of para-hydroxylation sites is 2. The number of benzene rings is 2. The maximum Gasteiger partial charge on any atom is 0.248 e. The number of unbranched alkanes of at least 4 members (excludes halogenated alkanes) is 4. The Balaban J connectivity index is 1.10. The Labute approximate surface area is 336 Å². The van der Waals surface area contributed by atoms with Gasteiger partial charge in [-0.3, -0.25) is 19.4 Å². The molecule has 0 radical (unpaired) electrons. The van der Waals surface area contributed by atoms with Crippen molar-refractivity contribution in [1.29, 1.82) is 0 Å². The van der Waals surface area contributed by atoms with Crippen LogP contribution < -0.4 is 15.5 Å². The first-order valence-electron chi connectivity index (χ1n) is 20.8. The third-order valence-corrected chi connectivity index (χ3v) is 14.9. The van der Waals surface area contributed by atoms with E-state index in [9.17, 15) is 9.59 Å². The summed E-state index contributed by atoms with van der Waals surface area (Å²) in [5.41, 5.74) is 8.71. The van der Waals surface area contributed by atoms with Crippen LogP contribution in [0.5, 0.6) is 0 Å². The number of nitrogen functional groups attached to an aromatic ring is 1. The average Bonchev–Trinajstić information content (AvgIpc) is 3.17. The number of nitrogens with two attached hydrogens (primary N) is 1. The molecule has 2 saturated heterocycles. The van der Waals surface area contributed by atoms with Crippen molar-refractivity contribution in [1.82, 2.24) is 24.8 Å². The second-order valence-electron chi connectivity index (χ2n) is 16.2. The fraction of sp³-hybridized carbons (Fsp3) is 0.605. The number of piperidine rings is 2. The first kappa shape index (κ1) is 40.0. The molecule has 12 heteroatoms. The van der Waals surface area contributed by atoms with Gasteiger partial charge in [0.05, 0.1) is 11.4 Å². The number of carbonyl (C=O) groups is 2. The summed E-state index contributed by atoms with van der Waals surface area (Å²) in [5, 5.41) is -1.12. The Hall–Kier alpha value is -3.19. The molecule has 10 nitrogen and oxygen atoms in total. The van der Waals surface area contributed by atoms with Crippen molar-refractivity contribution in [2.24, 2.45) is 0 Å². The lowest BCUT2D eigenvalue weighted by Crippen LogP contribution is -2.44. The van der Waals surface area contributed by atoms with E-state index < -0.39 is 10.5 Å². The molecule has 55 heavy (non-hydrogen) atoms. The fourth-order valence-electron chi connectivity index (χ4n) is 9.36. The molecule has 4 aliphatic rings. The van der Waals surface area contributed by atoms with Crippen LogP contribution in [0.15, 0.2) is 58.6 Å². The van der Waals surface area contributed by atoms with Gasteiger partial charge in [0.1, 0.15) is 16.8 Å². The average molecular weight is 785 g/mol. The number of hydrogen-bond donors (Lipinski definition) is 1. The van der Waals surface area contributed by atoms with Gasteiger partial charge in [0.15, 0.2) is 5.82 Å². The molecule has 2 N–H and O–H groups in total. The van der Waals surface area contributed by atoms with Crippen LogP contribution in [0.1, 0.15) is 127 Å². The Morgan fingerprint density at radius 2 is 1.18 bits per heavy atom. The van der Waals surface area contributed by atoms with E-state index in [4.69, 9.17) is 5.73 Å². The predicted octanol–water partition coefficient (Wildman–Crippen LogP) is 8.68. The number of likely N-dealkylation sites (tertiary alicyclic amines) is 2. The first-order valence-corrected chi connectivity index (χ1v) is 22.6. The maximum atomic E-state index is 14.7. The number of amides is 2. The van der Waals surface area contributed by atoms with Crippen molar-refractivity contribution in [2.75, 3.05) is 41.7 Å². The molecule has 4 aliphatic heterocycles. The van der Waals surface area contributed by atoms with Crippen LogP contribution >= 0.6 is 23.5 Å². The van der Waals surface area contributed by atoms with E-state index in [2.05, 4.69) is 82.8 Å². The fourth-order valence-corrected chi connectivity index (χ4v) is 11.8. The Morgan fingerprint density at radius 3 is 1.82 bits per heavy atom. The summed E-state index contributed by atoms with van der Waals surface area (Å²) in [6.45, 7) is 12.9. The quantitative estimate of drug-likeness (QED) is 0.160. The molecule has 7 rings (SSSR count). The molecule has 0 aliphatic carbocycles. The SMILES string of the molecule is C[C@@H]1CCC[C@H](C)N1CCCCCN1C(=O)C(c2cccc3c2N(CCCCCN2[C@H](C)CCC[C@@H]2C)C(=O)C(c2ncnc(N)n2)S3)Sc2ccccc21. The number of thioether (sulfide) groups is 2. The minimum Gasteiger partial charge on any atom is -0.368 e. The summed E-state index contributed by atoms with van der Waals surface area (Å²) >= 11 is 3.05. The van der Waals surface area contributed by atoms with Crippen molar-refractivity contribution < 1.29 is 9.59 Å². The van der Waals surface area contributed by atoms with Gasteiger partial charge in [0, 0.05) is 47.0 Å². The van der Waals surface area contributed by atoms with Gasteiger partial charge in [-0.15, -0.1) is 23.5 Å². The van der Waals surface area contributed by atoms with Crippen LogP contribution in [0.4, 0.5) is 17.3 Å². The molecular weight excluding hydrogens is 725 g/mol. The maximum absolute atomic E-state index is 14.7. The predicted molar refractivity (Wildman–Crippen MR) is 226 cm³/mol. The van der Waals surface area contributed by atoms with Gasteiger partial charge in [0.25, 0.3) is 0 Å². The molecule has 296 valence electrons. The topological polar surface area (TPSA) is 112 Å². The Bertz CT molecular complexity index is 1770. The van der Waals surface area contributed by atoms with E-state index in [1.54, 1.807) is 11.8 Å². The summed E-state index contributed by atoms with van der Waals surface area (Å²) < 4.78 is 0. The van der Waals surface area contributed by atoms with Crippen molar-refractivity contribution in [3.05, 3.63) is 60.2 Å². The molecule has 3 aromatic rings. The van der Waals surface area contributed by atoms with Crippen LogP contribution in [0.25, 0.3) is 0 Å². The van der Waals surface area contributed by atoms with Crippen LogP contribution in [-0.2, 0) is 9.59 Å². The van der Waals surface area contributed by atoms with Gasteiger partial charge in [0.2, 0.25) is 17.8 Å². The zero-order chi connectivity index (χ0) is 38.5. The van der Waals surface area contributed by atoms with Gasteiger partial charge in [-0.25, -0.2) is 9.97 Å². The highest BCUT2D eigenvalue weighted by Crippen LogP contribution is 2.54. The van der Waals surface area contributed by atoms with E-state index in [-0.39, 0.29) is 17.8 Å². The van der Waals surface area contributed by atoms with E-state index in [0.717, 1.165) is 78.3 Å². The molecule has 0 spiro atoms. The zero-order valence-corrected chi connectivity index (χ0v) is 34.9. The molecule has 0 saturated carbocycles. The van der Waals surface area contributed by atoms with E-state index in [1.807, 2.05) is 21.9 Å². The van der Waals surface area contributed by atoms with Gasteiger partial charge >= 0.3 is 0 Å². The third-order valence-electron chi connectivity index (χ3n) is 12.4. The lowest BCUT2D eigenvalue weighted by Gasteiger charge is -2.39. The summed E-state index contributed by atoms with van der Waals surface area (Å²) in [5.74, 6) is 0.481. The molecule has 2 fully saturated rings. The molecule has 6 atom stereocenters. The van der Waals surface area contributed by atoms with Crippen molar-refractivity contribution >= 4 is 52.7 Å². The molecule has 0 bridgehead atoms. The van der Waals surface area contributed by atoms with Crippen LogP contribution in [0, 0.1) is 0 Å². The molecular formula is C43H60N8O2S2. The summed E-state index contributed by atoms with van der Waals surface area (Å²) in [4.78, 5) is 53.4. The second-order valence-corrected chi connectivity index (χ2v) is 18.5. The largest absolute Gasteiger partial charge is 0.368 e. The van der Waals surface area contributed by atoms with Crippen molar-refractivity contribution in [3.63, 3.8) is 0 Å². The van der Waals surface area contributed by atoms with Gasteiger partial charge in [-0.05, 0) is 116 Å². The van der Waals surface area contributed by atoms with Crippen LogP contribution in [-0.4, -0.2) is 86.9 Å². The Morgan fingerprint density at radius 1 is 0.636 bits per heavy atom. The van der Waals surface area contributed by atoms with E-state index in [1.165, 1.54) is 56.6 Å². The third kappa shape index (κ3) is 9.03. The monoisotopic (exact) mass is 784 g/mol. The number of hydrogen-bond acceptors (Lipinski definition) is 10. The van der Waals surface area contributed by atoms with Crippen molar-refractivity contribution in [2.45, 2.75) is 149 Å². The highest BCUT2D eigenvalue weighted by atomic mass is 32.2. The number of fused-ring (bicyclic) bond motifs is 2. The standard InChI is InChI=1S/C43H60N8O2S2/c1-29-16-13-17-30(2)48(29)24-9-5-11-26-50-34-21-7-8-22-35(34)54-38(41(50)52)33-20-15-23-36-37(33)51(42(53)39(55-36)40-45-28-46-43(44)47-40)27-12-6-10-25-49-31(3)18-14-19-32(49)4/h7-8,15,20-23,28-32,38-39H,5-6,9-14,16-19,24-27H2,1-4H3,(H2,44,45,46,47)/t29-,30+,31-,32+,38?,39?. The lowest BCUT2D eigenvalue weighted by atomic mass is 9.97. The highest BCUT2D eigenvalue weighted by molar-refractivity contribution is 8.01. The molecule has 2 amide bonds. The molecule has 2 unspecified atom stereocenters. The minimum absolute atomic E-state index is 0.0725. The second kappa shape index (κ2) is 18.4. The molecule has 2 aromatic carbocycles. The van der Waals surface area contributed by atoms with Crippen LogP contribution in [0.2, 0.25) is 0 Å². The van der Waals surface area contributed by atoms with Crippen molar-refractivity contribution in [3.8, 4) is 0 Å². The number of anilines is 3. The minimum atomic E-state index is -0.647. The van der Waals surface area contributed by atoms with E-state index >= 15 is 0 Å². The normalized spacial score (nSPS) is 26.3. The van der Waals surface area contributed by atoms with Gasteiger partial charge in [-0.2, -0.15) is 4.98 Å². The first-order chi connectivity index (χ1) is 26.7. The number of rotatable bonds is 14. The number of aromatic nitrogens is 3. The Kier molecular flexibility index (Phi) is 13.4. The summed E-state index contributed by atoms with van der Waals surface area (Å²) in [7, 11) is 0. The molecule has 1 aromatic heterocycles. The highest BCUT2D eigenvalue weighted by Gasteiger charge is 2.42. The van der Waals surface area contributed by atoms with E-state index in [0.29, 0.717) is 43.1 Å². The van der Waals surface area contributed by atoms with Gasteiger partial charge in [-0.1, -0.05) is 49.9 Å². The lowest BCUT2D eigenvalue weighted by molar-refractivity contribution is -0.119. The zero-order valence-electron chi connectivity index (χ0n) is 33.2. The summed E-state index contributed by atoms with van der Waals surface area (Å²) in [6.07, 6.45) is 15.3. The number of carbonyl (C=O) groups excluding carboxylic acids is 2. The number of nitrogens with zero attached hydrogens (tertiary/aromatic N) is 7. The summed E-state index contributed by atoms with van der Waals surface area (Å²) in [6, 6.07) is 17.0. The van der Waals surface area contributed by atoms with Crippen LogP contribution in [0.3, 0.4) is 0 Å². The molecule has 5 heterocycles.